The maximum absolute atomic E-state index is 11.5. The minimum absolute atomic E-state index is 0.348. The van der Waals surface area contributed by atoms with Gasteiger partial charge in [0.15, 0.2) is 0 Å². The first-order valence-corrected chi connectivity index (χ1v) is 9.60. The molecule has 0 radical (unpaired) electrons. The molecule has 0 saturated heterocycles. The summed E-state index contributed by atoms with van der Waals surface area (Å²) in [6.45, 7) is 5.75. The van der Waals surface area contributed by atoms with Gasteiger partial charge >= 0.3 is 11.9 Å². The second kappa shape index (κ2) is 17.5. The van der Waals surface area contributed by atoms with E-state index < -0.39 is 11.9 Å². The van der Waals surface area contributed by atoms with Gasteiger partial charge < -0.3 is 14.2 Å². The molecule has 0 amide bonds. The van der Waals surface area contributed by atoms with E-state index in [1.54, 1.807) is 7.11 Å². The molecule has 0 aliphatic heterocycles. The van der Waals surface area contributed by atoms with Gasteiger partial charge in [0.2, 0.25) is 0 Å². The molecule has 0 aliphatic rings. The number of ether oxygens (including phenoxy) is 3. The molecule has 0 fully saturated rings. The molecule has 0 heterocycles. The Kier molecular flexibility index (Phi) is 16.5. The number of methoxy groups -OCH3 is 1. The Morgan fingerprint density at radius 3 is 1.92 bits per heavy atom. The molecule has 146 valence electrons. The Balaban J connectivity index is 3.58. The van der Waals surface area contributed by atoms with Gasteiger partial charge in [0.25, 0.3) is 0 Å². The van der Waals surface area contributed by atoms with Gasteiger partial charge in [0.1, 0.15) is 0 Å². The Morgan fingerprint density at radius 2 is 1.32 bits per heavy atom. The SMILES string of the molecule is CCCCCCCCCOC(=O)/C=C/C(=O)OCCC(C)CCOC. The average molecular weight is 357 g/mol. The first-order valence-electron chi connectivity index (χ1n) is 9.60. The van der Waals surface area contributed by atoms with E-state index in [1.807, 2.05) is 0 Å². The van der Waals surface area contributed by atoms with Crippen LogP contribution < -0.4 is 0 Å². The van der Waals surface area contributed by atoms with Crippen LogP contribution in [0.2, 0.25) is 0 Å². The lowest BCUT2D eigenvalue weighted by atomic mass is 10.1. The second-order valence-corrected chi connectivity index (χ2v) is 6.46. The monoisotopic (exact) mass is 356 g/mol. The minimum atomic E-state index is -0.508. The molecule has 0 spiro atoms. The van der Waals surface area contributed by atoms with Crippen LogP contribution in [0.25, 0.3) is 0 Å². The van der Waals surface area contributed by atoms with Crippen molar-refractivity contribution in [2.75, 3.05) is 26.9 Å². The fourth-order valence-corrected chi connectivity index (χ4v) is 2.29. The zero-order chi connectivity index (χ0) is 18.8. The minimum Gasteiger partial charge on any atom is -0.463 e. The number of unbranched alkanes of at least 4 members (excludes halogenated alkanes) is 6. The highest BCUT2D eigenvalue weighted by molar-refractivity contribution is 5.91. The molecule has 0 saturated carbocycles. The first kappa shape index (κ1) is 23.6. The van der Waals surface area contributed by atoms with E-state index in [2.05, 4.69) is 13.8 Å². The van der Waals surface area contributed by atoms with Gasteiger partial charge in [-0.3, -0.25) is 0 Å². The van der Waals surface area contributed by atoms with Gasteiger partial charge in [-0.25, -0.2) is 9.59 Å². The normalized spacial score (nSPS) is 12.3. The van der Waals surface area contributed by atoms with Crippen molar-refractivity contribution >= 4 is 11.9 Å². The molecule has 0 N–H and O–H groups in total. The molecule has 5 heteroatoms. The van der Waals surface area contributed by atoms with E-state index in [1.165, 1.54) is 32.1 Å². The van der Waals surface area contributed by atoms with Gasteiger partial charge in [0, 0.05) is 25.9 Å². The maximum atomic E-state index is 11.5. The highest BCUT2D eigenvalue weighted by Crippen LogP contribution is 2.08. The van der Waals surface area contributed by atoms with Crippen molar-refractivity contribution in [3.8, 4) is 0 Å². The van der Waals surface area contributed by atoms with Crippen molar-refractivity contribution in [2.45, 2.75) is 71.6 Å². The van der Waals surface area contributed by atoms with Gasteiger partial charge in [-0.05, 0) is 25.2 Å². The summed E-state index contributed by atoms with van der Waals surface area (Å²) in [5.74, 6) is -0.563. The summed E-state index contributed by atoms with van der Waals surface area (Å²) in [5, 5.41) is 0. The van der Waals surface area contributed by atoms with Crippen LogP contribution in [0.1, 0.15) is 71.6 Å². The van der Waals surface area contributed by atoms with Crippen molar-refractivity contribution in [3.05, 3.63) is 12.2 Å². The fourth-order valence-electron chi connectivity index (χ4n) is 2.29. The third-order valence-corrected chi connectivity index (χ3v) is 4.02. The van der Waals surface area contributed by atoms with Crippen LogP contribution >= 0.6 is 0 Å². The van der Waals surface area contributed by atoms with Crippen molar-refractivity contribution < 1.29 is 23.8 Å². The molecular weight excluding hydrogens is 320 g/mol. The summed E-state index contributed by atoms with van der Waals surface area (Å²) < 4.78 is 15.1. The Labute approximate surface area is 153 Å². The molecule has 25 heavy (non-hydrogen) atoms. The number of hydrogen-bond acceptors (Lipinski definition) is 5. The number of rotatable bonds is 16. The molecule has 1 unspecified atom stereocenters. The number of carbonyl (C=O) groups excluding carboxylic acids is 2. The molecular formula is C20H36O5. The van der Waals surface area contributed by atoms with Crippen LogP contribution in [-0.4, -0.2) is 38.9 Å². The molecule has 0 bridgehead atoms. The summed E-state index contributed by atoms with van der Waals surface area (Å²) in [7, 11) is 1.67. The smallest absolute Gasteiger partial charge is 0.331 e. The van der Waals surface area contributed by atoms with Crippen LogP contribution in [0.3, 0.4) is 0 Å². The largest absolute Gasteiger partial charge is 0.463 e. The van der Waals surface area contributed by atoms with Crippen LogP contribution in [-0.2, 0) is 23.8 Å². The van der Waals surface area contributed by atoms with Crippen LogP contribution in [0.5, 0.6) is 0 Å². The van der Waals surface area contributed by atoms with E-state index in [4.69, 9.17) is 14.2 Å². The molecule has 0 aromatic heterocycles. The molecule has 0 aromatic rings. The summed E-state index contributed by atoms with van der Waals surface area (Å²) in [4.78, 5) is 23.0. The maximum Gasteiger partial charge on any atom is 0.331 e. The van der Waals surface area contributed by atoms with Crippen LogP contribution in [0, 0.1) is 5.92 Å². The van der Waals surface area contributed by atoms with Crippen LogP contribution in [0.15, 0.2) is 12.2 Å². The zero-order valence-electron chi connectivity index (χ0n) is 16.3. The van der Waals surface area contributed by atoms with Crippen molar-refractivity contribution in [2.24, 2.45) is 5.92 Å². The highest BCUT2D eigenvalue weighted by atomic mass is 16.5. The second-order valence-electron chi connectivity index (χ2n) is 6.46. The molecule has 5 nitrogen and oxygen atoms in total. The number of esters is 2. The summed E-state index contributed by atoms with van der Waals surface area (Å²) in [6, 6.07) is 0. The summed E-state index contributed by atoms with van der Waals surface area (Å²) >= 11 is 0. The standard InChI is InChI=1S/C20H36O5/c1-4-5-6-7-8-9-10-15-24-19(21)11-12-20(22)25-17-14-18(2)13-16-23-3/h11-12,18H,4-10,13-17H2,1-3H3/b12-11+. The molecule has 0 rings (SSSR count). The Hall–Kier alpha value is -1.36. The van der Waals surface area contributed by atoms with E-state index >= 15 is 0 Å². The van der Waals surface area contributed by atoms with E-state index in [0.717, 1.165) is 37.8 Å². The molecule has 0 aromatic carbocycles. The Morgan fingerprint density at radius 1 is 0.800 bits per heavy atom. The van der Waals surface area contributed by atoms with E-state index in [-0.39, 0.29) is 0 Å². The van der Waals surface area contributed by atoms with Gasteiger partial charge in [0.05, 0.1) is 13.2 Å². The van der Waals surface area contributed by atoms with Gasteiger partial charge in [-0.1, -0.05) is 52.4 Å². The third kappa shape index (κ3) is 17.3. The van der Waals surface area contributed by atoms with Crippen LogP contribution in [0.4, 0.5) is 0 Å². The van der Waals surface area contributed by atoms with Crippen molar-refractivity contribution in [1.82, 2.24) is 0 Å². The quantitative estimate of drug-likeness (QED) is 0.232. The Bertz CT molecular complexity index is 365. The third-order valence-electron chi connectivity index (χ3n) is 4.02. The highest BCUT2D eigenvalue weighted by Gasteiger charge is 2.05. The predicted octanol–water partition coefficient (Wildman–Crippen LogP) is 4.44. The first-order chi connectivity index (χ1) is 12.1. The summed E-state index contributed by atoms with van der Waals surface area (Å²) in [6.07, 6.45) is 12.2. The number of carbonyl (C=O) groups is 2. The lowest BCUT2D eigenvalue weighted by Gasteiger charge is -2.09. The van der Waals surface area contributed by atoms with Gasteiger partial charge in [-0.15, -0.1) is 0 Å². The number of hydrogen-bond donors (Lipinski definition) is 0. The van der Waals surface area contributed by atoms with E-state index in [9.17, 15) is 9.59 Å². The predicted molar refractivity (Wildman–Crippen MR) is 99.3 cm³/mol. The van der Waals surface area contributed by atoms with Gasteiger partial charge in [-0.2, -0.15) is 0 Å². The molecule has 0 aliphatic carbocycles. The molecule has 1 atom stereocenters. The zero-order valence-corrected chi connectivity index (χ0v) is 16.3. The van der Waals surface area contributed by atoms with Crippen molar-refractivity contribution in [3.63, 3.8) is 0 Å². The fraction of sp³-hybridized carbons (Fsp3) is 0.800. The summed E-state index contributed by atoms with van der Waals surface area (Å²) in [5.41, 5.74) is 0. The topological polar surface area (TPSA) is 61.8 Å². The van der Waals surface area contributed by atoms with E-state index in [0.29, 0.717) is 25.7 Å². The lowest BCUT2D eigenvalue weighted by molar-refractivity contribution is -0.140. The lowest BCUT2D eigenvalue weighted by Crippen LogP contribution is -2.09. The average Bonchev–Trinajstić information content (AvgIpc) is 2.60. The van der Waals surface area contributed by atoms with Crippen molar-refractivity contribution in [1.29, 1.82) is 0 Å².